The van der Waals surface area contributed by atoms with Crippen LogP contribution in [0.4, 0.5) is 0 Å². The predicted octanol–water partition coefficient (Wildman–Crippen LogP) is 1.63. The molecule has 0 aromatic carbocycles. The summed E-state index contributed by atoms with van der Waals surface area (Å²) in [6, 6.07) is 2.29. The van der Waals surface area contributed by atoms with Gasteiger partial charge in [-0.15, -0.1) is 0 Å². The molecule has 0 saturated heterocycles. The third-order valence-corrected chi connectivity index (χ3v) is 2.32. The Labute approximate surface area is 96.6 Å². The van der Waals surface area contributed by atoms with E-state index in [4.69, 9.17) is 4.42 Å². The number of nitrogens with zero attached hydrogens (tertiary/aromatic N) is 1. The lowest BCUT2D eigenvalue weighted by atomic mass is 10.3. The van der Waals surface area contributed by atoms with E-state index in [1.54, 1.807) is 17.4 Å². The molecule has 0 aliphatic carbocycles. The quantitative estimate of drug-likeness (QED) is 0.798. The third-order valence-electron chi connectivity index (χ3n) is 2.32. The number of hydrogen-bond acceptors (Lipinski definition) is 3. The van der Waals surface area contributed by atoms with Crippen LogP contribution in [0.3, 0.4) is 0 Å². The number of carbonyl (C=O) groups is 1. The van der Waals surface area contributed by atoms with Crippen LogP contribution in [0.15, 0.2) is 23.0 Å². The van der Waals surface area contributed by atoms with E-state index in [1.165, 1.54) is 0 Å². The summed E-state index contributed by atoms with van der Waals surface area (Å²) in [7, 11) is 1.81. The molecule has 1 N–H and O–H groups in total. The average Bonchev–Trinajstić information content (AvgIpc) is 2.69. The molecular formula is C12H20N2O2. The van der Waals surface area contributed by atoms with Gasteiger partial charge >= 0.3 is 0 Å². The molecule has 1 amide bonds. The molecule has 0 saturated carbocycles. The molecule has 0 aliphatic heterocycles. The summed E-state index contributed by atoms with van der Waals surface area (Å²) in [5.74, 6) is 0.148. The van der Waals surface area contributed by atoms with Crippen molar-refractivity contribution < 1.29 is 9.21 Å². The first-order valence-electron chi connectivity index (χ1n) is 5.58. The van der Waals surface area contributed by atoms with E-state index in [-0.39, 0.29) is 5.91 Å². The highest BCUT2D eigenvalue weighted by Crippen LogP contribution is 2.04. The molecule has 0 atom stereocenters. The van der Waals surface area contributed by atoms with Crippen LogP contribution in [-0.2, 0) is 11.3 Å². The molecule has 0 radical (unpaired) electrons. The van der Waals surface area contributed by atoms with Gasteiger partial charge in [0.25, 0.3) is 0 Å². The maximum Gasteiger partial charge on any atom is 0.223 e. The number of rotatable bonds is 6. The Morgan fingerprint density at radius 1 is 1.56 bits per heavy atom. The summed E-state index contributed by atoms with van der Waals surface area (Å²) in [6.45, 7) is 5.47. The minimum atomic E-state index is 0.148. The molecule has 0 bridgehead atoms. The smallest absolute Gasteiger partial charge is 0.223 e. The fourth-order valence-corrected chi connectivity index (χ4v) is 1.40. The van der Waals surface area contributed by atoms with Crippen molar-refractivity contribution in [3.63, 3.8) is 0 Å². The molecule has 90 valence electrons. The molecule has 0 unspecified atom stereocenters. The van der Waals surface area contributed by atoms with Crippen LogP contribution in [0.2, 0.25) is 0 Å². The fraction of sp³-hybridized carbons (Fsp3) is 0.583. The lowest BCUT2D eigenvalue weighted by Crippen LogP contribution is -2.31. The number of amides is 1. The Morgan fingerprint density at radius 3 is 2.88 bits per heavy atom. The maximum atomic E-state index is 11.7. The van der Waals surface area contributed by atoms with Gasteiger partial charge in [0, 0.05) is 38.2 Å². The van der Waals surface area contributed by atoms with Gasteiger partial charge in [0.15, 0.2) is 0 Å². The highest BCUT2D eigenvalue weighted by molar-refractivity contribution is 5.76. The topological polar surface area (TPSA) is 45.5 Å². The molecule has 16 heavy (non-hydrogen) atoms. The van der Waals surface area contributed by atoms with Gasteiger partial charge in [-0.3, -0.25) is 4.79 Å². The van der Waals surface area contributed by atoms with Crippen LogP contribution in [0, 0.1) is 0 Å². The highest BCUT2D eigenvalue weighted by atomic mass is 16.3. The van der Waals surface area contributed by atoms with Gasteiger partial charge < -0.3 is 14.6 Å². The summed E-state index contributed by atoms with van der Waals surface area (Å²) in [4.78, 5) is 13.4. The SMILES string of the molecule is CC(C)NCCC(=O)N(C)Cc1ccoc1. The minimum Gasteiger partial charge on any atom is -0.472 e. The second kappa shape index (κ2) is 6.33. The fourth-order valence-electron chi connectivity index (χ4n) is 1.40. The van der Waals surface area contributed by atoms with Crippen molar-refractivity contribution >= 4 is 5.91 Å². The van der Waals surface area contributed by atoms with E-state index in [0.717, 1.165) is 12.1 Å². The zero-order chi connectivity index (χ0) is 12.0. The van der Waals surface area contributed by atoms with E-state index in [0.29, 0.717) is 19.0 Å². The van der Waals surface area contributed by atoms with Crippen molar-refractivity contribution in [2.75, 3.05) is 13.6 Å². The standard InChI is InChI=1S/C12H20N2O2/c1-10(2)13-6-4-12(15)14(3)8-11-5-7-16-9-11/h5,7,9-10,13H,4,6,8H2,1-3H3. The van der Waals surface area contributed by atoms with Gasteiger partial charge in [-0.25, -0.2) is 0 Å². The number of furan rings is 1. The van der Waals surface area contributed by atoms with E-state index in [9.17, 15) is 4.79 Å². The largest absolute Gasteiger partial charge is 0.472 e. The number of nitrogens with one attached hydrogen (secondary N) is 1. The first-order chi connectivity index (χ1) is 7.59. The Kier molecular flexibility index (Phi) is 5.05. The van der Waals surface area contributed by atoms with Crippen LogP contribution < -0.4 is 5.32 Å². The molecular weight excluding hydrogens is 204 g/mol. The monoisotopic (exact) mass is 224 g/mol. The Morgan fingerprint density at radius 2 is 2.31 bits per heavy atom. The van der Waals surface area contributed by atoms with E-state index in [2.05, 4.69) is 19.2 Å². The number of carbonyl (C=O) groups excluding carboxylic acids is 1. The Bertz CT molecular complexity index is 307. The Hall–Kier alpha value is -1.29. The normalized spacial score (nSPS) is 10.8. The second-order valence-corrected chi connectivity index (χ2v) is 4.24. The third kappa shape index (κ3) is 4.49. The van der Waals surface area contributed by atoms with Gasteiger partial charge in [0.1, 0.15) is 0 Å². The molecule has 0 fully saturated rings. The van der Waals surface area contributed by atoms with Gasteiger partial charge in [0.05, 0.1) is 12.5 Å². The molecule has 1 rings (SSSR count). The first-order valence-corrected chi connectivity index (χ1v) is 5.58. The summed E-state index contributed by atoms with van der Waals surface area (Å²) in [5.41, 5.74) is 1.02. The molecule has 4 heteroatoms. The van der Waals surface area contributed by atoms with E-state index >= 15 is 0 Å². The molecule has 4 nitrogen and oxygen atoms in total. The zero-order valence-electron chi connectivity index (χ0n) is 10.2. The number of hydrogen-bond donors (Lipinski definition) is 1. The second-order valence-electron chi connectivity index (χ2n) is 4.24. The highest BCUT2D eigenvalue weighted by Gasteiger charge is 2.09. The predicted molar refractivity (Wildman–Crippen MR) is 62.9 cm³/mol. The average molecular weight is 224 g/mol. The van der Waals surface area contributed by atoms with Gasteiger partial charge in [-0.2, -0.15) is 0 Å². The van der Waals surface area contributed by atoms with Crippen LogP contribution in [0.25, 0.3) is 0 Å². The van der Waals surface area contributed by atoms with Crippen molar-refractivity contribution in [3.05, 3.63) is 24.2 Å². The van der Waals surface area contributed by atoms with Gasteiger partial charge in [-0.05, 0) is 6.07 Å². The van der Waals surface area contributed by atoms with Crippen molar-refractivity contribution in [2.45, 2.75) is 32.9 Å². The van der Waals surface area contributed by atoms with Crippen molar-refractivity contribution in [2.24, 2.45) is 0 Å². The molecule has 0 spiro atoms. The minimum absolute atomic E-state index is 0.148. The molecule has 1 aromatic rings. The summed E-state index contributed by atoms with van der Waals surface area (Å²) >= 11 is 0. The maximum absolute atomic E-state index is 11.7. The lowest BCUT2D eigenvalue weighted by Gasteiger charge is -2.16. The first kappa shape index (κ1) is 12.8. The van der Waals surface area contributed by atoms with Crippen LogP contribution >= 0.6 is 0 Å². The van der Waals surface area contributed by atoms with E-state index in [1.807, 2.05) is 13.1 Å². The van der Waals surface area contributed by atoms with Crippen LogP contribution in [0.5, 0.6) is 0 Å². The van der Waals surface area contributed by atoms with Gasteiger partial charge in [-0.1, -0.05) is 13.8 Å². The van der Waals surface area contributed by atoms with Crippen LogP contribution in [0.1, 0.15) is 25.8 Å². The molecule has 1 aromatic heterocycles. The lowest BCUT2D eigenvalue weighted by molar-refractivity contribution is -0.130. The van der Waals surface area contributed by atoms with Gasteiger partial charge in [0.2, 0.25) is 5.91 Å². The summed E-state index contributed by atoms with van der Waals surface area (Å²) < 4.78 is 4.96. The van der Waals surface area contributed by atoms with Crippen LogP contribution in [-0.4, -0.2) is 30.4 Å². The summed E-state index contributed by atoms with van der Waals surface area (Å²) in [5, 5.41) is 3.22. The van der Waals surface area contributed by atoms with Crippen molar-refractivity contribution in [1.82, 2.24) is 10.2 Å². The van der Waals surface area contributed by atoms with E-state index < -0.39 is 0 Å². The summed E-state index contributed by atoms with van der Waals surface area (Å²) in [6.07, 6.45) is 3.82. The molecule has 1 heterocycles. The zero-order valence-corrected chi connectivity index (χ0v) is 10.2. The van der Waals surface area contributed by atoms with Crippen molar-refractivity contribution in [1.29, 1.82) is 0 Å². The van der Waals surface area contributed by atoms with Crippen molar-refractivity contribution in [3.8, 4) is 0 Å². The molecule has 0 aliphatic rings. The Balaban J connectivity index is 2.25.